The molecule has 25 heavy (non-hydrogen) atoms. The second kappa shape index (κ2) is 6.89. The number of carbonyl (C=O) groups excluding carboxylic acids is 1. The molecule has 2 aliphatic rings. The molecule has 0 N–H and O–H groups in total. The Hall–Kier alpha value is -2.32. The lowest BCUT2D eigenvalue weighted by Crippen LogP contribution is -2.53. The molecule has 0 bridgehead atoms. The van der Waals surface area contributed by atoms with E-state index in [1.54, 1.807) is 12.4 Å². The zero-order chi connectivity index (χ0) is 17.2. The first-order chi connectivity index (χ1) is 12.2. The predicted molar refractivity (Wildman–Crippen MR) is 90.8 cm³/mol. The third kappa shape index (κ3) is 3.27. The highest BCUT2D eigenvalue weighted by atomic mass is 16.5. The molecule has 1 atom stereocenters. The number of hydrogen-bond acceptors (Lipinski definition) is 6. The predicted octanol–water partition coefficient (Wildman–Crippen LogP) is 0.0554. The fourth-order valence-corrected chi connectivity index (χ4v) is 3.30. The van der Waals surface area contributed by atoms with Crippen molar-refractivity contribution in [1.82, 2.24) is 29.5 Å². The minimum Gasteiger partial charge on any atom is -0.378 e. The van der Waals surface area contributed by atoms with Crippen LogP contribution >= 0.6 is 0 Å². The molecule has 2 aromatic rings. The number of carbonyl (C=O) groups is 1. The molecule has 0 saturated carbocycles. The molecule has 0 aliphatic carbocycles. The third-order valence-electron chi connectivity index (χ3n) is 4.85. The lowest BCUT2D eigenvalue weighted by molar-refractivity contribution is -0.142. The number of rotatable bonds is 2. The molecule has 1 fully saturated rings. The van der Waals surface area contributed by atoms with Gasteiger partial charge in [-0.05, 0) is 19.2 Å². The fourth-order valence-electron chi connectivity index (χ4n) is 3.30. The summed E-state index contributed by atoms with van der Waals surface area (Å²) in [5, 5.41) is 4.59. The molecule has 0 unspecified atom stereocenters. The standard InChI is InChI=1S/C17H22N6O2/c1-21-9-10-25-12-14(21)17(24)22-6-4-15-19-16(20-23(15)8-7-22)13-3-2-5-18-11-13/h2-3,5,11,14H,4,6-10,12H2,1H3/t14-/m0/s1. The van der Waals surface area contributed by atoms with Crippen LogP contribution in [0.5, 0.6) is 0 Å². The van der Waals surface area contributed by atoms with Crippen LogP contribution in [0.25, 0.3) is 11.4 Å². The summed E-state index contributed by atoms with van der Waals surface area (Å²) in [5.74, 6) is 1.76. The van der Waals surface area contributed by atoms with Crippen molar-refractivity contribution in [1.29, 1.82) is 0 Å². The van der Waals surface area contributed by atoms with Gasteiger partial charge in [0.2, 0.25) is 5.91 Å². The van der Waals surface area contributed by atoms with E-state index in [0.29, 0.717) is 45.1 Å². The molecule has 0 spiro atoms. The van der Waals surface area contributed by atoms with Crippen molar-refractivity contribution in [2.45, 2.75) is 19.0 Å². The Kier molecular flexibility index (Phi) is 4.46. The van der Waals surface area contributed by atoms with E-state index in [-0.39, 0.29) is 11.9 Å². The summed E-state index contributed by atoms with van der Waals surface area (Å²) in [6, 6.07) is 3.65. The van der Waals surface area contributed by atoms with Gasteiger partial charge in [0.15, 0.2) is 5.82 Å². The zero-order valence-corrected chi connectivity index (χ0v) is 14.3. The highest BCUT2D eigenvalue weighted by Crippen LogP contribution is 2.17. The maximum absolute atomic E-state index is 12.8. The number of likely N-dealkylation sites (N-methyl/N-ethyl adjacent to an activating group) is 1. The van der Waals surface area contributed by atoms with Crippen molar-refractivity contribution in [3.05, 3.63) is 30.4 Å². The molecule has 8 nitrogen and oxygen atoms in total. The maximum atomic E-state index is 12.8. The largest absolute Gasteiger partial charge is 0.378 e. The van der Waals surface area contributed by atoms with Crippen LogP contribution in [0.15, 0.2) is 24.5 Å². The van der Waals surface area contributed by atoms with Gasteiger partial charge in [-0.2, -0.15) is 5.10 Å². The average Bonchev–Trinajstić information content (AvgIpc) is 2.96. The summed E-state index contributed by atoms with van der Waals surface area (Å²) in [7, 11) is 1.98. The van der Waals surface area contributed by atoms with Gasteiger partial charge in [-0.15, -0.1) is 0 Å². The van der Waals surface area contributed by atoms with E-state index < -0.39 is 0 Å². The molecule has 4 rings (SSSR count). The molecule has 0 radical (unpaired) electrons. The van der Waals surface area contributed by atoms with Crippen LogP contribution in [0.1, 0.15) is 5.82 Å². The van der Waals surface area contributed by atoms with Gasteiger partial charge in [-0.3, -0.25) is 14.7 Å². The number of aromatic nitrogens is 4. The lowest BCUT2D eigenvalue weighted by Gasteiger charge is -2.34. The van der Waals surface area contributed by atoms with Gasteiger partial charge >= 0.3 is 0 Å². The minimum absolute atomic E-state index is 0.139. The number of morpholine rings is 1. The second-order valence-corrected chi connectivity index (χ2v) is 6.46. The van der Waals surface area contributed by atoms with Crippen LogP contribution in [0.3, 0.4) is 0 Å². The number of ether oxygens (including phenoxy) is 1. The Morgan fingerprint density at radius 1 is 1.28 bits per heavy atom. The summed E-state index contributed by atoms with van der Waals surface area (Å²) in [6.07, 6.45) is 4.21. The minimum atomic E-state index is -0.182. The molecule has 132 valence electrons. The quantitative estimate of drug-likeness (QED) is 0.768. The van der Waals surface area contributed by atoms with Crippen molar-refractivity contribution >= 4 is 5.91 Å². The Labute approximate surface area is 146 Å². The van der Waals surface area contributed by atoms with E-state index in [0.717, 1.165) is 17.9 Å². The first-order valence-electron chi connectivity index (χ1n) is 8.63. The number of nitrogens with zero attached hydrogens (tertiary/aromatic N) is 6. The topological polar surface area (TPSA) is 76.4 Å². The van der Waals surface area contributed by atoms with Crippen molar-refractivity contribution in [2.24, 2.45) is 0 Å². The number of amides is 1. The molecule has 0 aromatic carbocycles. The molecule has 2 aliphatic heterocycles. The molecule has 2 aromatic heterocycles. The summed E-state index contributed by atoms with van der Waals surface area (Å²) in [4.78, 5) is 25.6. The van der Waals surface area contributed by atoms with Crippen molar-refractivity contribution in [3.8, 4) is 11.4 Å². The summed E-state index contributed by atoms with van der Waals surface area (Å²) >= 11 is 0. The van der Waals surface area contributed by atoms with Gasteiger partial charge in [0.05, 0.1) is 19.8 Å². The third-order valence-corrected chi connectivity index (χ3v) is 4.85. The SMILES string of the molecule is CN1CCOC[C@H]1C(=O)N1CCc2nc(-c3cccnc3)nn2CC1. The van der Waals surface area contributed by atoms with Crippen LogP contribution in [0.4, 0.5) is 0 Å². The number of fused-ring (bicyclic) bond motifs is 1. The molecule has 8 heteroatoms. The van der Waals surface area contributed by atoms with Crippen LogP contribution in [-0.2, 0) is 22.5 Å². The highest BCUT2D eigenvalue weighted by molar-refractivity contribution is 5.82. The Morgan fingerprint density at radius 2 is 2.20 bits per heavy atom. The van der Waals surface area contributed by atoms with Gasteiger partial charge in [0, 0.05) is 44.0 Å². The summed E-state index contributed by atoms with van der Waals surface area (Å²) in [5.41, 5.74) is 0.914. The van der Waals surface area contributed by atoms with Crippen LogP contribution in [0, 0.1) is 0 Å². The highest BCUT2D eigenvalue weighted by Gasteiger charge is 2.31. The van der Waals surface area contributed by atoms with Crippen LogP contribution < -0.4 is 0 Å². The zero-order valence-electron chi connectivity index (χ0n) is 14.3. The molecule has 1 amide bonds. The van der Waals surface area contributed by atoms with Gasteiger partial charge in [0.1, 0.15) is 11.9 Å². The second-order valence-electron chi connectivity index (χ2n) is 6.46. The van der Waals surface area contributed by atoms with Gasteiger partial charge in [-0.1, -0.05) is 0 Å². The molecular formula is C17H22N6O2. The Morgan fingerprint density at radius 3 is 3.00 bits per heavy atom. The number of pyridine rings is 1. The Bertz CT molecular complexity index is 721. The van der Waals surface area contributed by atoms with E-state index in [2.05, 4.69) is 20.0 Å². The van der Waals surface area contributed by atoms with Gasteiger partial charge in [-0.25, -0.2) is 9.67 Å². The van der Waals surface area contributed by atoms with E-state index in [9.17, 15) is 4.79 Å². The monoisotopic (exact) mass is 342 g/mol. The molecule has 1 saturated heterocycles. The van der Waals surface area contributed by atoms with Crippen LogP contribution in [-0.4, -0.2) is 81.4 Å². The van der Waals surface area contributed by atoms with E-state index in [4.69, 9.17) is 4.74 Å². The number of hydrogen-bond donors (Lipinski definition) is 0. The molecule has 4 heterocycles. The van der Waals surface area contributed by atoms with Gasteiger partial charge in [0.25, 0.3) is 0 Å². The maximum Gasteiger partial charge on any atom is 0.242 e. The Balaban J connectivity index is 1.46. The van der Waals surface area contributed by atoms with Crippen molar-refractivity contribution in [3.63, 3.8) is 0 Å². The lowest BCUT2D eigenvalue weighted by atomic mass is 10.2. The first-order valence-corrected chi connectivity index (χ1v) is 8.63. The first kappa shape index (κ1) is 16.2. The van der Waals surface area contributed by atoms with Crippen molar-refractivity contribution < 1.29 is 9.53 Å². The normalized spacial score (nSPS) is 21.6. The summed E-state index contributed by atoms with van der Waals surface area (Å²) < 4.78 is 7.40. The average molecular weight is 342 g/mol. The van der Waals surface area contributed by atoms with E-state index >= 15 is 0 Å². The molecular weight excluding hydrogens is 320 g/mol. The van der Waals surface area contributed by atoms with E-state index in [1.807, 2.05) is 28.8 Å². The van der Waals surface area contributed by atoms with Crippen LogP contribution in [0.2, 0.25) is 0 Å². The fraction of sp³-hybridized carbons (Fsp3) is 0.529. The summed E-state index contributed by atoms with van der Waals surface area (Å²) in [6.45, 7) is 3.92. The van der Waals surface area contributed by atoms with Crippen molar-refractivity contribution in [2.75, 3.05) is 39.9 Å². The van der Waals surface area contributed by atoms with Gasteiger partial charge < -0.3 is 9.64 Å². The smallest absolute Gasteiger partial charge is 0.242 e. The van der Waals surface area contributed by atoms with E-state index in [1.165, 1.54) is 0 Å².